The van der Waals surface area contributed by atoms with Gasteiger partial charge in [-0.25, -0.2) is 15.4 Å². The fourth-order valence-corrected chi connectivity index (χ4v) is 6.07. The van der Waals surface area contributed by atoms with E-state index in [1.807, 2.05) is 35.2 Å². The molecule has 0 aliphatic carbocycles. The molecule has 0 spiro atoms. The van der Waals surface area contributed by atoms with Gasteiger partial charge in [0, 0.05) is 50.9 Å². The van der Waals surface area contributed by atoms with Crippen molar-refractivity contribution in [3.63, 3.8) is 0 Å². The molecule has 2 aromatic carbocycles. The van der Waals surface area contributed by atoms with Gasteiger partial charge in [-0.3, -0.25) is 19.9 Å². The largest absolute Gasteiger partial charge is 0.492 e. The zero-order valence-electron chi connectivity index (χ0n) is 23.5. The molecule has 0 bridgehead atoms. The van der Waals surface area contributed by atoms with Crippen LogP contribution in [0.2, 0.25) is 0 Å². The number of aromatic nitrogens is 2. The second-order valence-corrected chi connectivity index (χ2v) is 10.8. The van der Waals surface area contributed by atoms with Gasteiger partial charge in [-0.15, -0.1) is 0 Å². The average molecular weight is 607 g/mol. The number of halogens is 3. The van der Waals surface area contributed by atoms with E-state index >= 15 is 0 Å². The number of nitriles is 1. The van der Waals surface area contributed by atoms with E-state index in [2.05, 4.69) is 20.8 Å². The molecule has 0 saturated carbocycles. The minimum Gasteiger partial charge on any atom is -0.492 e. The first-order chi connectivity index (χ1) is 21.2. The fourth-order valence-electron chi connectivity index (χ4n) is 6.07. The average Bonchev–Trinajstić information content (AvgIpc) is 3.41. The first-order valence-electron chi connectivity index (χ1n) is 14.1. The highest BCUT2D eigenvalue weighted by Gasteiger charge is 2.55. The number of nitrogens with zero attached hydrogens (tertiary/aromatic N) is 6. The van der Waals surface area contributed by atoms with Gasteiger partial charge in [0.25, 0.3) is 5.91 Å². The van der Waals surface area contributed by atoms with Crippen LogP contribution in [0.4, 0.5) is 19.0 Å². The summed E-state index contributed by atoms with van der Waals surface area (Å²) in [5.41, 5.74) is 7.12. The molecule has 4 heterocycles. The van der Waals surface area contributed by atoms with Gasteiger partial charge < -0.3 is 14.5 Å². The van der Waals surface area contributed by atoms with Gasteiger partial charge in [0.05, 0.1) is 18.4 Å². The number of amides is 2. The molecular weight excluding hydrogens is 577 g/mol. The summed E-state index contributed by atoms with van der Waals surface area (Å²) in [5, 5.41) is 8.93. The molecule has 1 aromatic heterocycles. The third-order valence-electron chi connectivity index (χ3n) is 8.27. The van der Waals surface area contributed by atoms with Crippen LogP contribution in [0.1, 0.15) is 33.2 Å². The smallest absolute Gasteiger partial charge is 0.402 e. The molecule has 14 heteroatoms. The Kier molecular flexibility index (Phi) is 8.07. The molecule has 228 valence electrons. The summed E-state index contributed by atoms with van der Waals surface area (Å²) in [6, 6.07) is 14.4. The molecular formula is C30H29F3N8O3. The Bertz CT molecular complexity index is 1570. The van der Waals surface area contributed by atoms with Crippen molar-refractivity contribution >= 4 is 17.6 Å². The molecule has 11 nitrogen and oxygen atoms in total. The number of rotatable bonds is 6. The van der Waals surface area contributed by atoms with Crippen LogP contribution in [0.5, 0.6) is 5.75 Å². The number of piperazine rings is 1. The number of hydrazine groups is 1. The number of hydrogen-bond donors (Lipinski definition) is 2. The summed E-state index contributed by atoms with van der Waals surface area (Å²) in [7, 11) is 0. The number of benzene rings is 2. The molecule has 44 heavy (non-hydrogen) atoms. The Morgan fingerprint density at radius 1 is 1.07 bits per heavy atom. The molecule has 2 saturated heterocycles. The summed E-state index contributed by atoms with van der Waals surface area (Å²) >= 11 is 0. The summed E-state index contributed by atoms with van der Waals surface area (Å²) in [5.74, 6) is -2.41. The van der Waals surface area contributed by atoms with Crippen LogP contribution in [0.3, 0.4) is 0 Å². The van der Waals surface area contributed by atoms with E-state index in [1.54, 1.807) is 40.3 Å². The van der Waals surface area contributed by atoms with Crippen LogP contribution in [-0.2, 0) is 11.3 Å². The number of ether oxygens (including phenoxy) is 1. The first kappa shape index (κ1) is 29.3. The predicted molar refractivity (Wildman–Crippen MR) is 151 cm³/mol. The molecule has 3 aromatic rings. The van der Waals surface area contributed by atoms with Crippen LogP contribution in [0.15, 0.2) is 60.9 Å². The number of hydrogen-bond acceptors (Lipinski definition) is 9. The lowest BCUT2D eigenvalue weighted by Gasteiger charge is -2.40. The number of carbonyl (C=O) groups is 2. The Balaban J connectivity index is 1.13. The zero-order chi connectivity index (χ0) is 30.8. The first-order valence-corrected chi connectivity index (χ1v) is 14.1. The monoisotopic (exact) mass is 606 g/mol. The van der Waals surface area contributed by atoms with Crippen LogP contribution in [0.25, 0.3) is 0 Å². The van der Waals surface area contributed by atoms with E-state index < -0.39 is 30.1 Å². The number of alkyl halides is 3. The van der Waals surface area contributed by atoms with Crippen molar-refractivity contribution < 1.29 is 27.5 Å². The van der Waals surface area contributed by atoms with Crippen molar-refractivity contribution in [1.82, 2.24) is 30.6 Å². The highest BCUT2D eigenvalue weighted by molar-refractivity contribution is 5.94. The third-order valence-corrected chi connectivity index (χ3v) is 8.27. The van der Waals surface area contributed by atoms with Crippen LogP contribution in [0, 0.1) is 17.2 Å². The summed E-state index contributed by atoms with van der Waals surface area (Å²) in [4.78, 5) is 39.4. The summed E-state index contributed by atoms with van der Waals surface area (Å²) < 4.78 is 48.2. The van der Waals surface area contributed by atoms with E-state index in [-0.39, 0.29) is 31.3 Å². The lowest BCUT2D eigenvalue weighted by Crippen LogP contribution is -2.64. The van der Waals surface area contributed by atoms with Crippen molar-refractivity contribution in [3.8, 4) is 11.8 Å². The van der Waals surface area contributed by atoms with Gasteiger partial charge in [0.2, 0.25) is 5.91 Å². The highest BCUT2D eigenvalue weighted by Crippen LogP contribution is 2.41. The molecule has 2 fully saturated rings. The minimum absolute atomic E-state index is 0.0294. The predicted octanol–water partition coefficient (Wildman–Crippen LogP) is 2.43. The maximum Gasteiger partial charge on any atom is 0.402 e. The normalized spacial score (nSPS) is 22.2. The Labute approximate surface area is 251 Å². The molecule has 0 radical (unpaired) electrons. The maximum atomic E-state index is 14.0. The van der Waals surface area contributed by atoms with Gasteiger partial charge in [0.15, 0.2) is 11.6 Å². The Morgan fingerprint density at radius 3 is 2.59 bits per heavy atom. The zero-order valence-corrected chi connectivity index (χ0v) is 23.5. The molecule has 2 unspecified atom stereocenters. The summed E-state index contributed by atoms with van der Waals surface area (Å²) in [6.07, 6.45) is -1.75. The van der Waals surface area contributed by atoms with Crippen LogP contribution in [-0.4, -0.2) is 83.1 Å². The van der Waals surface area contributed by atoms with Gasteiger partial charge in [-0.2, -0.15) is 18.4 Å². The molecule has 2 N–H and O–H groups in total. The second kappa shape index (κ2) is 12.1. The number of anilines is 1. The van der Waals surface area contributed by atoms with E-state index in [1.165, 1.54) is 6.20 Å². The van der Waals surface area contributed by atoms with E-state index in [9.17, 15) is 22.8 Å². The summed E-state index contributed by atoms with van der Waals surface area (Å²) in [6.45, 7) is 2.22. The van der Waals surface area contributed by atoms with Gasteiger partial charge in [-0.05, 0) is 29.3 Å². The van der Waals surface area contributed by atoms with Gasteiger partial charge in [0.1, 0.15) is 24.2 Å². The van der Waals surface area contributed by atoms with Crippen molar-refractivity contribution in [2.45, 2.75) is 24.8 Å². The standard InChI is InChI=1S/C30H29F3N8O3/c31-30(32,33)27-24(15-37-38-28(27)42)41-17-20-4-1-2-7-23(20)25(41)18-44-22-6-3-5-19(12-22)29(43)40-10-8-39(9-11-40)26-16-35-21(13-34)14-36-26/h1-7,12,14,16,24-25,27,37H,8-11,15,17-18H2,(H,38,42)/t24?,25-,27?/m1/s1. The molecule has 3 aliphatic heterocycles. The number of carbonyl (C=O) groups excluding carboxylic acids is 2. The second-order valence-electron chi connectivity index (χ2n) is 10.8. The van der Waals surface area contributed by atoms with Gasteiger partial charge in [-0.1, -0.05) is 30.3 Å². The Morgan fingerprint density at radius 2 is 1.86 bits per heavy atom. The van der Waals surface area contributed by atoms with Crippen LogP contribution >= 0.6 is 0 Å². The molecule has 3 aliphatic rings. The van der Waals surface area contributed by atoms with E-state index in [0.29, 0.717) is 43.3 Å². The van der Waals surface area contributed by atoms with E-state index in [0.717, 1.165) is 11.1 Å². The van der Waals surface area contributed by atoms with Crippen molar-refractivity contribution in [2.75, 3.05) is 44.2 Å². The third kappa shape index (κ3) is 5.88. The van der Waals surface area contributed by atoms with Crippen molar-refractivity contribution in [1.29, 1.82) is 5.26 Å². The SMILES string of the molecule is N#Cc1cnc(N2CCN(C(=O)c3cccc(OC[C@@H]4c5ccccc5CN4C4CNNC(=O)C4C(F)(F)F)c3)CC2)cn1. The van der Waals surface area contributed by atoms with Crippen molar-refractivity contribution in [3.05, 3.63) is 83.3 Å². The molecule has 6 rings (SSSR count). The topological polar surface area (TPSA) is 127 Å². The molecule has 3 atom stereocenters. The van der Waals surface area contributed by atoms with E-state index in [4.69, 9.17) is 10.00 Å². The lowest BCUT2D eigenvalue weighted by atomic mass is 9.94. The maximum absolute atomic E-state index is 14.0. The fraction of sp³-hybridized carbons (Fsp3) is 0.367. The highest BCUT2D eigenvalue weighted by atomic mass is 19.4. The quantitative estimate of drug-likeness (QED) is 0.435. The lowest BCUT2D eigenvalue weighted by molar-refractivity contribution is -0.202. The number of nitrogens with one attached hydrogen (secondary N) is 2. The van der Waals surface area contributed by atoms with Crippen LogP contribution < -0.4 is 20.5 Å². The minimum atomic E-state index is -4.72. The Hall–Kier alpha value is -4.74. The molecule has 2 amide bonds. The van der Waals surface area contributed by atoms with Gasteiger partial charge >= 0.3 is 6.18 Å². The number of fused-ring (bicyclic) bond motifs is 1. The van der Waals surface area contributed by atoms with Crippen molar-refractivity contribution in [2.24, 2.45) is 5.92 Å².